The van der Waals surface area contributed by atoms with Crippen molar-refractivity contribution >= 4 is 15.8 Å². The van der Waals surface area contributed by atoms with Crippen LogP contribution in [0, 0.1) is 12.7 Å². The number of benzene rings is 1. The summed E-state index contributed by atoms with van der Waals surface area (Å²) in [6.07, 6.45) is 0. The van der Waals surface area contributed by atoms with E-state index in [0.29, 0.717) is 0 Å². The van der Waals surface area contributed by atoms with Crippen LogP contribution in [0.15, 0.2) is 17.0 Å². The molecule has 0 bridgehead atoms. The molecule has 0 fully saturated rings. The molecule has 0 aliphatic heterocycles. The van der Waals surface area contributed by atoms with Gasteiger partial charge in [-0.2, -0.15) is 0 Å². The molecule has 0 aliphatic rings. The van der Waals surface area contributed by atoms with Crippen LogP contribution >= 0.6 is 0 Å². The quantitative estimate of drug-likeness (QED) is 0.891. The normalized spacial score (nSPS) is 13.3. The maximum absolute atomic E-state index is 13.6. The second-order valence-corrected chi connectivity index (χ2v) is 6.53. The topological polar surface area (TPSA) is 80.7 Å². The zero-order chi connectivity index (χ0) is 14.8. The number of carbonyl (C=O) groups is 1. The van der Waals surface area contributed by atoms with Crippen molar-refractivity contribution in [3.8, 4) is 0 Å². The zero-order valence-electron chi connectivity index (χ0n) is 10.8. The van der Waals surface area contributed by atoms with Gasteiger partial charge in [-0.1, -0.05) is 0 Å². The SMILES string of the molecule is COCC(C)S(=O)(=O)c1cc(C(=O)O)cc(F)c1C. The standard InChI is InChI=1S/C12H15FO5S/c1-7(6-18-3)19(16,17)11-5-9(12(14)15)4-10(13)8(11)2/h4-5,7H,6H2,1-3H3,(H,14,15). The van der Waals surface area contributed by atoms with Crippen molar-refractivity contribution in [2.45, 2.75) is 24.0 Å². The second kappa shape index (κ2) is 5.66. The zero-order valence-corrected chi connectivity index (χ0v) is 11.6. The van der Waals surface area contributed by atoms with Crippen LogP contribution in [0.4, 0.5) is 4.39 Å². The minimum atomic E-state index is -3.84. The fourth-order valence-electron chi connectivity index (χ4n) is 1.61. The van der Waals surface area contributed by atoms with Gasteiger partial charge in [-0.05, 0) is 26.0 Å². The highest BCUT2D eigenvalue weighted by molar-refractivity contribution is 7.92. The summed E-state index contributed by atoms with van der Waals surface area (Å²) in [5, 5.41) is 7.96. The molecule has 19 heavy (non-hydrogen) atoms. The molecule has 0 saturated heterocycles. The number of carboxylic acids is 1. The number of sulfone groups is 1. The Morgan fingerprint density at radius 2 is 2.05 bits per heavy atom. The maximum Gasteiger partial charge on any atom is 0.335 e. The van der Waals surface area contributed by atoms with E-state index in [1.807, 2.05) is 0 Å². The van der Waals surface area contributed by atoms with E-state index in [-0.39, 0.29) is 17.1 Å². The molecular weight excluding hydrogens is 275 g/mol. The molecule has 0 saturated carbocycles. The van der Waals surface area contributed by atoms with Crippen LogP contribution in [-0.4, -0.2) is 38.5 Å². The molecule has 1 unspecified atom stereocenters. The lowest BCUT2D eigenvalue weighted by Crippen LogP contribution is -2.24. The van der Waals surface area contributed by atoms with Gasteiger partial charge in [0.2, 0.25) is 0 Å². The van der Waals surface area contributed by atoms with Gasteiger partial charge in [0.1, 0.15) is 5.82 Å². The average molecular weight is 290 g/mol. The summed E-state index contributed by atoms with van der Waals surface area (Å²) < 4.78 is 42.9. The molecule has 5 nitrogen and oxygen atoms in total. The largest absolute Gasteiger partial charge is 0.478 e. The number of rotatable bonds is 5. The Kier molecular flexibility index (Phi) is 4.65. The van der Waals surface area contributed by atoms with Gasteiger partial charge < -0.3 is 9.84 Å². The first kappa shape index (κ1) is 15.6. The number of ether oxygens (including phenoxy) is 1. The number of methoxy groups -OCH3 is 1. The van der Waals surface area contributed by atoms with Gasteiger partial charge in [-0.15, -0.1) is 0 Å². The molecule has 1 aromatic rings. The molecule has 1 aromatic carbocycles. The molecule has 106 valence electrons. The van der Waals surface area contributed by atoms with Crippen LogP contribution in [0.5, 0.6) is 0 Å². The van der Waals surface area contributed by atoms with E-state index in [2.05, 4.69) is 0 Å². The van der Waals surface area contributed by atoms with Gasteiger partial charge in [0.15, 0.2) is 9.84 Å². The van der Waals surface area contributed by atoms with Crippen molar-refractivity contribution in [2.24, 2.45) is 0 Å². The highest BCUT2D eigenvalue weighted by Crippen LogP contribution is 2.24. The predicted molar refractivity (Wildman–Crippen MR) is 66.6 cm³/mol. The number of carboxylic acid groups (broad SMARTS) is 1. The van der Waals surface area contributed by atoms with Crippen molar-refractivity contribution in [1.82, 2.24) is 0 Å². The molecule has 0 spiro atoms. The first-order valence-corrected chi connectivity index (χ1v) is 7.02. The average Bonchev–Trinajstić information content (AvgIpc) is 2.32. The number of hydrogen-bond donors (Lipinski definition) is 1. The van der Waals surface area contributed by atoms with Crippen LogP contribution < -0.4 is 0 Å². The molecule has 0 aliphatic carbocycles. The molecule has 1 atom stereocenters. The highest BCUT2D eigenvalue weighted by atomic mass is 32.2. The first-order chi connectivity index (χ1) is 8.71. The summed E-state index contributed by atoms with van der Waals surface area (Å²) in [4.78, 5) is 10.5. The van der Waals surface area contributed by atoms with Crippen molar-refractivity contribution in [2.75, 3.05) is 13.7 Å². The smallest absolute Gasteiger partial charge is 0.335 e. The number of halogens is 1. The Balaban J connectivity index is 3.45. The summed E-state index contributed by atoms with van der Waals surface area (Å²) in [7, 11) is -2.48. The fourth-order valence-corrected chi connectivity index (χ4v) is 3.18. The first-order valence-electron chi connectivity index (χ1n) is 5.48. The van der Waals surface area contributed by atoms with E-state index in [1.54, 1.807) is 0 Å². The predicted octanol–water partition coefficient (Wildman–Crippen LogP) is 1.64. The molecule has 0 amide bonds. The minimum absolute atomic E-state index is 0.0549. The van der Waals surface area contributed by atoms with Gasteiger partial charge in [0.05, 0.1) is 22.3 Å². The van der Waals surface area contributed by atoms with Crippen LogP contribution in [0.25, 0.3) is 0 Å². The second-order valence-electron chi connectivity index (χ2n) is 4.20. The molecule has 1 rings (SSSR count). The monoisotopic (exact) mass is 290 g/mol. The summed E-state index contributed by atoms with van der Waals surface area (Å²) in [6, 6.07) is 1.78. The van der Waals surface area contributed by atoms with Crippen LogP contribution in [-0.2, 0) is 14.6 Å². The Labute approximate surface area is 110 Å². The Morgan fingerprint density at radius 3 is 2.53 bits per heavy atom. The van der Waals surface area contributed by atoms with Gasteiger partial charge in [0.25, 0.3) is 0 Å². The van der Waals surface area contributed by atoms with Gasteiger partial charge in [-0.25, -0.2) is 17.6 Å². The lowest BCUT2D eigenvalue weighted by molar-refractivity contribution is 0.0696. The third-order valence-corrected chi connectivity index (χ3v) is 5.01. The van der Waals surface area contributed by atoms with Crippen LogP contribution in [0.3, 0.4) is 0 Å². The molecular formula is C12H15FO5S. The Bertz CT molecular complexity index is 594. The van der Waals surface area contributed by atoms with E-state index in [4.69, 9.17) is 9.84 Å². The fraction of sp³-hybridized carbons (Fsp3) is 0.417. The van der Waals surface area contributed by atoms with Gasteiger partial charge in [0, 0.05) is 12.7 Å². The molecule has 0 aromatic heterocycles. The lowest BCUT2D eigenvalue weighted by Gasteiger charge is -2.15. The van der Waals surface area contributed by atoms with Crippen molar-refractivity contribution < 1.29 is 27.4 Å². The highest BCUT2D eigenvalue weighted by Gasteiger charge is 2.27. The van der Waals surface area contributed by atoms with Gasteiger partial charge >= 0.3 is 5.97 Å². The van der Waals surface area contributed by atoms with E-state index >= 15 is 0 Å². The van der Waals surface area contributed by atoms with E-state index < -0.39 is 32.4 Å². The van der Waals surface area contributed by atoms with Crippen molar-refractivity contribution in [3.63, 3.8) is 0 Å². The van der Waals surface area contributed by atoms with Crippen LogP contribution in [0.2, 0.25) is 0 Å². The third kappa shape index (κ3) is 3.10. The lowest BCUT2D eigenvalue weighted by atomic mass is 10.1. The van der Waals surface area contributed by atoms with Gasteiger partial charge in [-0.3, -0.25) is 0 Å². The Hall–Kier alpha value is -1.47. The minimum Gasteiger partial charge on any atom is -0.478 e. The van der Waals surface area contributed by atoms with E-state index in [9.17, 15) is 17.6 Å². The number of aromatic carboxylic acids is 1. The van der Waals surface area contributed by atoms with E-state index in [1.165, 1.54) is 21.0 Å². The Morgan fingerprint density at radius 1 is 1.47 bits per heavy atom. The number of hydrogen-bond acceptors (Lipinski definition) is 4. The van der Waals surface area contributed by atoms with Crippen molar-refractivity contribution in [1.29, 1.82) is 0 Å². The summed E-state index contributed by atoms with van der Waals surface area (Å²) in [5.41, 5.74) is -0.487. The maximum atomic E-state index is 13.6. The summed E-state index contributed by atoms with van der Waals surface area (Å²) in [5.74, 6) is -2.24. The summed E-state index contributed by atoms with van der Waals surface area (Å²) >= 11 is 0. The summed E-state index contributed by atoms with van der Waals surface area (Å²) in [6.45, 7) is 2.66. The molecule has 7 heteroatoms. The molecule has 1 N–H and O–H groups in total. The van der Waals surface area contributed by atoms with E-state index in [0.717, 1.165) is 12.1 Å². The molecule has 0 heterocycles. The molecule has 0 radical (unpaired) electrons. The van der Waals surface area contributed by atoms with Crippen LogP contribution in [0.1, 0.15) is 22.8 Å². The van der Waals surface area contributed by atoms with Crippen molar-refractivity contribution in [3.05, 3.63) is 29.1 Å². The third-order valence-electron chi connectivity index (χ3n) is 2.78.